The summed E-state index contributed by atoms with van der Waals surface area (Å²) in [6.45, 7) is 1.98. The van der Waals surface area contributed by atoms with E-state index in [1.165, 1.54) is 0 Å². The Hall–Kier alpha value is -2.82. The Morgan fingerprint density at radius 1 is 1.27 bits per heavy atom. The summed E-state index contributed by atoms with van der Waals surface area (Å²) in [4.78, 5) is 17.6. The topological polar surface area (TPSA) is 56.1 Å². The Kier molecular flexibility index (Phi) is 4.15. The van der Waals surface area contributed by atoms with Gasteiger partial charge in [0.25, 0.3) is 5.91 Å². The number of rotatable bonds is 5. The average Bonchev–Trinajstić information content (AvgIpc) is 3.43. The fraction of sp³-hybridized carbons (Fsp3) is 0.333. The maximum Gasteiger partial charge on any atom is 0.268 e. The Bertz CT molecular complexity index is 973. The molecule has 1 fully saturated rings. The standard InChI is InChI=1S/C21H23N3O2/c1-13-5-4-6-17(22-13)20(14-7-8-14)23-21(25)19-12-15-11-16(26-3)9-10-18(15)24(19)2/h4-6,9-12,14,20H,7-8H2,1-3H3,(H,23,25)/t20-/m0/s1. The second kappa shape index (κ2) is 6.48. The molecule has 1 aromatic carbocycles. The first-order valence-corrected chi connectivity index (χ1v) is 8.94. The molecule has 3 aromatic rings. The van der Waals surface area contributed by atoms with Gasteiger partial charge in [0.05, 0.1) is 18.8 Å². The number of benzene rings is 1. The molecule has 0 spiro atoms. The van der Waals surface area contributed by atoms with Crippen LogP contribution in [0.15, 0.2) is 42.5 Å². The van der Waals surface area contributed by atoms with Crippen molar-refractivity contribution in [3.05, 3.63) is 59.5 Å². The van der Waals surface area contributed by atoms with Crippen molar-refractivity contribution in [3.63, 3.8) is 0 Å². The largest absolute Gasteiger partial charge is 0.497 e. The van der Waals surface area contributed by atoms with Gasteiger partial charge in [-0.2, -0.15) is 0 Å². The van der Waals surface area contributed by atoms with Crippen molar-refractivity contribution < 1.29 is 9.53 Å². The van der Waals surface area contributed by atoms with Crippen LogP contribution in [0, 0.1) is 12.8 Å². The molecule has 1 amide bonds. The number of methoxy groups -OCH3 is 1. The monoisotopic (exact) mass is 349 g/mol. The fourth-order valence-corrected chi connectivity index (χ4v) is 3.49. The van der Waals surface area contributed by atoms with Crippen molar-refractivity contribution in [2.45, 2.75) is 25.8 Å². The number of fused-ring (bicyclic) bond motifs is 1. The molecule has 0 saturated heterocycles. The maximum atomic E-state index is 13.0. The number of nitrogens with zero attached hydrogens (tertiary/aromatic N) is 2. The summed E-state index contributed by atoms with van der Waals surface area (Å²) < 4.78 is 7.22. The van der Waals surface area contributed by atoms with Crippen LogP contribution in [0.1, 0.15) is 40.8 Å². The van der Waals surface area contributed by atoms with Crippen molar-refractivity contribution in [2.75, 3.05) is 7.11 Å². The number of carbonyl (C=O) groups excluding carboxylic acids is 1. The summed E-state index contributed by atoms with van der Waals surface area (Å²) in [5, 5.41) is 4.21. The number of pyridine rings is 1. The highest BCUT2D eigenvalue weighted by atomic mass is 16.5. The summed E-state index contributed by atoms with van der Waals surface area (Å²) in [7, 11) is 3.56. The van der Waals surface area contributed by atoms with Gasteiger partial charge in [-0.3, -0.25) is 9.78 Å². The first-order valence-electron chi connectivity index (χ1n) is 8.94. The maximum absolute atomic E-state index is 13.0. The van der Waals surface area contributed by atoms with E-state index in [1.54, 1.807) is 7.11 Å². The van der Waals surface area contributed by atoms with E-state index in [0.717, 1.165) is 40.9 Å². The highest BCUT2D eigenvalue weighted by molar-refractivity contribution is 5.99. The van der Waals surface area contributed by atoms with Gasteiger partial charge in [-0.25, -0.2) is 0 Å². The molecule has 1 aliphatic rings. The van der Waals surface area contributed by atoms with E-state index in [2.05, 4.69) is 10.3 Å². The molecule has 0 aliphatic heterocycles. The molecule has 26 heavy (non-hydrogen) atoms. The zero-order valence-corrected chi connectivity index (χ0v) is 15.3. The Balaban J connectivity index is 1.64. The molecule has 1 saturated carbocycles. The van der Waals surface area contributed by atoms with Crippen molar-refractivity contribution in [1.29, 1.82) is 0 Å². The van der Waals surface area contributed by atoms with Crippen LogP contribution in [0.2, 0.25) is 0 Å². The lowest BCUT2D eigenvalue weighted by molar-refractivity contribution is 0.0923. The predicted octanol–water partition coefficient (Wildman–Crippen LogP) is 3.77. The van der Waals surface area contributed by atoms with Crippen LogP contribution in [0.3, 0.4) is 0 Å². The summed E-state index contributed by atoms with van der Waals surface area (Å²) in [5.74, 6) is 1.20. The predicted molar refractivity (Wildman–Crippen MR) is 101 cm³/mol. The number of nitrogens with one attached hydrogen (secondary N) is 1. The van der Waals surface area contributed by atoms with Gasteiger partial charge in [-0.1, -0.05) is 6.07 Å². The lowest BCUT2D eigenvalue weighted by Crippen LogP contribution is -2.31. The molecular formula is C21H23N3O2. The molecule has 1 atom stereocenters. The highest BCUT2D eigenvalue weighted by Gasteiger charge is 2.35. The minimum atomic E-state index is -0.0668. The average molecular weight is 349 g/mol. The number of carbonyl (C=O) groups is 1. The Labute approximate surface area is 153 Å². The van der Waals surface area contributed by atoms with Crippen molar-refractivity contribution in [3.8, 4) is 5.75 Å². The normalized spacial score (nSPS) is 15.0. The molecule has 2 aromatic heterocycles. The molecule has 1 aliphatic carbocycles. The first kappa shape index (κ1) is 16.6. The summed E-state index contributed by atoms with van der Waals surface area (Å²) in [6.07, 6.45) is 2.26. The van der Waals surface area contributed by atoms with Gasteiger partial charge in [-0.15, -0.1) is 0 Å². The van der Waals surface area contributed by atoms with E-state index in [4.69, 9.17) is 4.74 Å². The highest BCUT2D eigenvalue weighted by Crippen LogP contribution is 2.40. The third-order valence-electron chi connectivity index (χ3n) is 5.09. The van der Waals surface area contributed by atoms with Crippen LogP contribution in [-0.4, -0.2) is 22.6 Å². The van der Waals surface area contributed by atoms with E-state index in [-0.39, 0.29) is 11.9 Å². The zero-order chi connectivity index (χ0) is 18.3. The fourth-order valence-electron chi connectivity index (χ4n) is 3.49. The SMILES string of the molecule is COc1ccc2c(c1)cc(C(=O)N[C@H](c1cccc(C)n1)C1CC1)n2C. The zero-order valence-electron chi connectivity index (χ0n) is 15.3. The third kappa shape index (κ3) is 3.05. The number of aromatic nitrogens is 2. The molecule has 5 heteroatoms. The third-order valence-corrected chi connectivity index (χ3v) is 5.09. The molecular weight excluding hydrogens is 326 g/mol. The summed E-state index contributed by atoms with van der Waals surface area (Å²) >= 11 is 0. The van der Waals surface area contributed by atoms with Gasteiger partial charge >= 0.3 is 0 Å². The smallest absolute Gasteiger partial charge is 0.268 e. The molecule has 0 bridgehead atoms. The van der Waals surface area contributed by atoms with Gasteiger partial charge in [0, 0.05) is 23.6 Å². The molecule has 134 valence electrons. The minimum Gasteiger partial charge on any atom is -0.497 e. The van der Waals surface area contributed by atoms with Gasteiger partial charge in [0.1, 0.15) is 11.4 Å². The van der Waals surface area contributed by atoms with E-state index < -0.39 is 0 Å². The van der Waals surface area contributed by atoms with E-state index >= 15 is 0 Å². The van der Waals surface area contributed by atoms with Gasteiger partial charge in [-0.05, 0) is 62.1 Å². The van der Waals surface area contributed by atoms with Crippen LogP contribution in [0.5, 0.6) is 5.75 Å². The van der Waals surface area contributed by atoms with Crippen LogP contribution in [-0.2, 0) is 7.05 Å². The van der Waals surface area contributed by atoms with E-state index in [1.807, 2.05) is 61.0 Å². The first-order chi connectivity index (χ1) is 12.6. The second-order valence-electron chi connectivity index (χ2n) is 7.01. The van der Waals surface area contributed by atoms with Crippen LogP contribution in [0.25, 0.3) is 10.9 Å². The van der Waals surface area contributed by atoms with Crippen LogP contribution < -0.4 is 10.1 Å². The van der Waals surface area contributed by atoms with E-state index in [0.29, 0.717) is 11.6 Å². The van der Waals surface area contributed by atoms with E-state index in [9.17, 15) is 4.79 Å². The molecule has 4 rings (SSSR count). The Morgan fingerprint density at radius 2 is 2.08 bits per heavy atom. The summed E-state index contributed by atoms with van der Waals surface area (Å²) in [6, 6.07) is 13.7. The summed E-state index contributed by atoms with van der Waals surface area (Å²) in [5.41, 5.74) is 3.57. The Morgan fingerprint density at radius 3 is 2.77 bits per heavy atom. The van der Waals surface area contributed by atoms with Crippen molar-refractivity contribution >= 4 is 16.8 Å². The lowest BCUT2D eigenvalue weighted by atomic mass is 10.1. The van der Waals surface area contributed by atoms with Crippen LogP contribution in [0.4, 0.5) is 0 Å². The van der Waals surface area contributed by atoms with Gasteiger partial charge in [0.2, 0.25) is 0 Å². The number of hydrogen-bond acceptors (Lipinski definition) is 3. The van der Waals surface area contributed by atoms with Crippen molar-refractivity contribution in [1.82, 2.24) is 14.9 Å². The quantitative estimate of drug-likeness (QED) is 0.763. The number of aryl methyl sites for hydroxylation is 2. The van der Waals surface area contributed by atoms with Crippen LogP contribution >= 0.6 is 0 Å². The molecule has 5 nitrogen and oxygen atoms in total. The van der Waals surface area contributed by atoms with Crippen molar-refractivity contribution in [2.24, 2.45) is 13.0 Å². The number of amides is 1. The molecule has 0 radical (unpaired) electrons. The lowest BCUT2D eigenvalue weighted by Gasteiger charge is -2.18. The molecule has 1 N–H and O–H groups in total. The molecule has 2 heterocycles. The molecule has 0 unspecified atom stereocenters. The van der Waals surface area contributed by atoms with Gasteiger partial charge < -0.3 is 14.6 Å². The van der Waals surface area contributed by atoms with Gasteiger partial charge in [0.15, 0.2) is 0 Å². The number of hydrogen-bond donors (Lipinski definition) is 1. The number of ether oxygens (including phenoxy) is 1. The minimum absolute atomic E-state index is 0.0325. The second-order valence-corrected chi connectivity index (χ2v) is 7.01.